The first-order valence-electron chi connectivity index (χ1n) is 5.38. The smallest absolute Gasteiger partial charge is 0.356 e. The molecule has 0 aliphatic heterocycles. The molecule has 100 valence electrons. The number of pyridine rings is 1. The first kappa shape index (κ1) is 13.8. The predicted octanol–water partition coefficient (Wildman–Crippen LogP) is 3.19. The Morgan fingerprint density at radius 2 is 2.15 bits per heavy atom. The summed E-state index contributed by atoms with van der Waals surface area (Å²) in [6, 6.07) is 8.27. The third-order valence-corrected chi connectivity index (χ3v) is 2.72. The largest absolute Gasteiger partial charge is 0.476 e. The van der Waals surface area contributed by atoms with Crippen molar-refractivity contribution in [3.63, 3.8) is 0 Å². The molecule has 0 radical (unpaired) electrons. The number of nitrogens with one attached hydrogen (secondary N) is 1. The zero-order valence-corrected chi connectivity index (χ0v) is 10.6. The highest BCUT2D eigenvalue weighted by atomic mass is 35.5. The van der Waals surface area contributed by atoms with Crippen LogP contribution in [0.2, 0.25) is 5.02 Å². The van der Waals surface area contributed by atoms with Gasteiger partial charge in [-0.2, -0.15) is 5.26 Å². The van der Waals surface area contributed by atoms with Crippen molar-refractivity contribution < 1.29 is 14.3 Å². The first-order chi connectivity index (χ1) is 9.51. The van der Waals surface area contributed by atoms with Gasteiger partial charge in [-0.25, -0.2) is 14.2 Å². The maximum absolute atomic E-state index is 13.0. The highest BCUT2D eigenvalue weighted by molar-refractivity contribution is 6.33. The Morgan fingerprint density at radius 1 is 1.40 bits per heavy atom. The maximum atomic E-state index is 13.0. The summed E-state index contributed by atoms with van der Waals surface area (Å²) < 4.78 is 13.0. The van der Waals surface area contributed by atoms with Gasteiger partial charge in [-0.1, -0.05) is 11.6 Å². The molecule has 2 aromatic rings. The summed E-state index contributed by atoms with van der Waals surface area (Å²) in [6.07, 6.45) is 0. The van der Waals surface area contributed by atoms with Gasteiger partial charge in [0.2, 0.25) is 0 Å². The molecule has 5 nitrogen and oxygen atoms in total. The maximum Gasteiger partial charge on any atom is 0.356 e. The van der Waals surface area contributed by atoms with E-state index in [0.29, 0.717) is 5.69 Å². The van der Waals surface area contributed by atoms with Crippen molar-refractivity contribution in [1.82, 2.24) is 4.98 Å². The molecule has 7 heteroatoms. The Hall–Kier alpha value is -2.65. The molecule has 0 amide bonds. The molecule has 0 fully saturated rings. The van der Waals surface area contributed by atoms with E-state index in [4.69, 9.17) is 22.0 Å². The minimum atomic E-state index is -1.27. The van der Waals surface area contributed by atoms with Crippen LogP contribution in [0.3, 0.4) is 0 Å². The van der Waals surface area contributed by atoms with Gasteiger partial charge in [-0.05, 0) is 30.3 Å². The zero-order chi connectivity index (χ0) is 14.7. The van der Waals surface area contributed by atoms with Crippen LogP contribution in [-0.4, -0.2) is 16.1 Å². The second-order valence-electron chi connectivity index (χ2n) is 3.76. The van der Waals surface area contributed by atoms with Gasteiger partial charge in [0.1, 0.15) is 17.7 Å². The van der Waals surface area contributed by atoms with Gasteiger partial charge in [-0.15, -0.1) is 0 Å². The molecule has 0 bridgehead atoms. The minimum absolute atomic E-state index is 0.00247. The summed E-state index contributed by atoms with van der Waals surface area (Å²) in [5.41, 5.74) is 0.0935. The van der Waals surface area contributed by atoms with Crippen LogP contribution in [0.4, 0.5) is 15.9 Å². The number of anilines is 2. The molecule has 0 unspecified atom stereocenters. The van der Waals surface area contributed by atoms with E-state index in [1.807, 2.05) is 6.07 Å². The molecule has 0 aliphatic carbocycles. The van der Waals surface area contributed by atoms with Gasteiger partial charge in [0, 0.05) is 0 Å². The number of carboxylic acid groups (broad SMARTS) is 1. The van der Waals surface area contributed by atoms with Crippen LogP contribution in [0.1, 0.15) is 16.1 Å². The van der Waals surface area contributed by atoms with Crippen molar-refractivity contribution in [3.8, 4) is 6.07 Å². The van der Waals surface area contributed by atoms with E-state index in [2.05, 4.69) is 10.3 Å². The molecule has 1 aromatic carbocycles. The Bertz CT molecular complexity index is 728. The molecule has 20 heavy (non-hydrogen) atoms. The molecule has 1 aromatic heterocycles. The number of benzene rings is 1. The Balaban J connectivity index is 2.38. The second-order valence-corrected chi connectivity index (χ2v) is 4.17. The van der Waals surface area contributed by atoms with Crippen molar-refractivity contribution in [3.05, 3.63) is 52.4 Å². The van der Waals surface area contributed by atoms with Gasteiger partial charge >= 0.3 is 5.97 Å². The molecule has 0 aliphatic rings. The third kappa shape index (κ3) is 2.84. The lowest BCUT2D eigenvalue weighted by Gasteiger charge is -2.08. The molecule has 2 rings (SSSR count). The summed E-state index contributed by atoms with van der Waals surface area (Å²) >= 11 is 5.70. The SMILES string of the molecule is N#Cc1cc(F)ccc1Nc1ccc(Cl)c(C(=O)O)n1. The third-order valence-electron chi connectivity index (χ3n) is 2.41. The molecule has 0 saturated heterocycles. The van der Waals surface area contributed by atoms with E-state index in [1.165, 1.54) is 24.3 Å². The van der Waals surface area contributed by atoms with Crippen LogP contribution in [0, 0.1) is 17.1 Å². The van der Waals surface area contributed by atoms with E-state index >= 15 is 0 Å². The Labute approximate surface area is 118 Å². The van der Waals surface area contributed by atoms with E-state index in [1.54, 1.807) is 0 Å². The fraction of sp³-hybridized carbons (Fsp3) is 0. The van der Waals surface area contributed by atoms with Crippen molar-refractivity contribution >= 4 is 29.1 Å². The van der Waals surface area contributed by atoms with Crippen LogP contribution in [0.25, 0.3) is 0 Å². The van der Waals surface area contributed by atoms with E-state index in [9.17, 15) is 9.18 Å². The van der Waals surface area contributed by atoms with Crippen LogP contribution in [0.15, 0.2) is 30.3 Å². The number of nitrogens with zero attached hydrogens (tertiary/aromatic N) is 2. The highest BCUT2D eigenvalue weighted by Gasteiger charge is 2.12. The number of aromatic carboxylic acids is 1. The van der Waals surface area contributed by atoms with Crippen LogP contribution in [0.5, 0.6) is 0 Å². The number of hydrogen-bond acceptors (Lipinski definition) is 4. The summed E-state index contributed by atoms with van der Waals surface area (Å²) in [5.74, 6) is -1.62. The van der Waals surface area contributed by atoms with Gasteiger partial charge in [0.15, 0.2) is 5.69 Å². The van der Waals surface area contributed by atoms with Crippen molar-refractivity contribution in [2.45, 2.75) is 0 Å². The zero-order valence-electron chi connectivity index (χ0n) is 9.89. The summed E-state index contributed by atoms with van der Waals surface area (Å²) in [6.45, 7) is 0. The monoisotopic (exact) mass is 291 g/mol. The van der Waals surface area contributed by atoms with Crippen molar-refractivity contribution in [1.29, 1.82) is 5.26 Å². The molecule has 2 N–H and O–H groups in total. The highest BCUT2D eigenvalue weighted by Crippen LogP contribution is 2.22. The number of rotatable bonds is 3. The van der Waals surface area contributed by atoms with Crippen molar-refractivity contribution in [2.24, 2.45) is 0 Å². The van der Waals surface area contributed by atoms with Crippen LogP contribution in [-0.2, 0) is 0 Å². The summed E-state index contributed by atoms with van der Waals surface area (Å²) in [7, 11) is 0. The second kappa shape index (κ2) is 5.55. The number of halogens is 2. The lowest BCUT2D eigenvalue weighted by Crippen LogP contribution is -2.04. The van der Waals surface area contributed by atoms with E-state index < -0.39 is 11.8 Å². The lowest BCUT2D eigenvalue weighted by molar-refractivity contribution is 0.0691. The predicted molar refractivity (Wildman–Crippen MR) is 70.6 cm³/mol. The fourth-order valence-electron chi connectivity index (χ4n) is 1.52. The molecule has 0 spiro atoms. The lowest BCUT2D eigenvalue weighted by atomic mass is 10.2. The van der Waals surface area contributed by atoms with E-state index in [0.717, 1.165) is 6.07 Å². The van der Waals surface area contributed by atoms with Crippen molar-refractivity contribution in [2.75, 3.05) is 5.32 Å². The first-order valence-corrected chi connectivity index (χ1v) is 5.75. The number of nitriles is 1. The number of hydrogen-bond donors (Lipinski definition) is 2. The topological polar surface area (TPSA) is 86.0 Å². The average molecular weight is 292 g/mol. The van der Waals surface area contributed by atoms with Gasteiger partial charge in [-0.3, -0.25) is 0 Å². The fourth-order valence-corrected chi connectivity index (χ4v) is 1.70. The van der Waals surface area contributed by atoms with Gasteiger partial charge < -0.3 is 10.4 Å². The summed E-state index contributed by atoms with van der Waals surface area (Å²) in [4.78, 5) is 14.7. The van der Waals surface area contributed by atoms with Crippen LogP contribution >= 0.6 is 11.6 Å². The normalized spacial score (nSPS) is 9.85. The molecular weight excluding hydrogens is 285 g/mol. The van der Waals surface area contributed by atoms with Gasteiger partial charge in [0.25, 0.3) is 0 Å². The van der Waals surface area contributed by atoms with E-state index in [-0.39, 0.29) is 22.1 Å². The Kier molecular flexibility index (Phi) is 3.82. The average Bonchev–Trinajstić information content (AvgIpc) is 2.42. The molecular formula is C13H7ClFN3O2. The minimum Gasteiger partial charge on any atom is -0.476 e. The standard InChI is InChI=1S/C13H7ClFN3O2/c14-9-2-4-11(18-12(9)13(19)20)17-10-3-1-8(15)5-7(10)6-16/h1-5H,(H,17,18)(H,19,20). The number of carboxylic acids is 1. The van der Waals surface area contributed by atoms with Crippen LogP contribution < -0.4 is 5.32 Å². The summed E-state index contributed by atoms with van der Waals surface area (Å²) in [5, 5.41) is 20.6. The molecule has 0 atom stereocenters. The quantitative estimate of drug-likeness (QED) is 0.907. The number of carbonyl (C=O) groups is 1. The molecule has 0 saturated carbocycles. The number of aromatic nitrogens is 1. The Morgan fingerprint density at radius 3 is 2.80 bits per heavy atom. The molecule has 1 heterocycles. The van der Waals surface area contributed by atoms with Gasteiger partial charge in [0.05, 0.1) is 16.3 Å².